The third-order valence-electron chi connectivity index (χ3n) is 2.95. The predicted molar refractivity (Wildman–Crippen MR) is 68.9 cm³/mol. The molecule has 94 valence electrons. The number of anilines is 1. The molecule has 0 atom stereocenters. The smallest absolute Gasteiger partial charge is 0.335 e. The molecule has 18 heavy (non-hydrogen) atoms. The first-order valence-electron chi connectivity index (χ1n) is 5.80. The van der Waals surface area contributed by atoms with Gasteiger partial charge in [0, 0.05) is 18.7 Å². The molecule has 0 radical (unpaired) electrons. The van der Waals surface area contributed by atoms with Gasteiger partial charge in [-0.3, -0.25) is 4.79 Å². The summed E-state index contributed by atoms with van der Waals surface area (Å²) in [6.07, 6.45) is 1.02. The molecule has 2 rings (SSSR count). The number of carboxylic acid groups (broad SMARTS) is 1. The molecular weight excluding hydrogens is 230 g/mol. The van der Waals surface area contributed by atoms with Crippen LogP contribution in [0.2, 0.25) is 0 Å². The SMILES string of the molecule is C=C(C)CN1C(=O)CCc2cc(C(=O)O)ccc21. The summed E-state index contributed by atoms with van der Waals surface area (Å²) in [6, 6.07) is 4.89. The van der Waals surface area contributed by atoms with E-state index in [0.717, 1.165) is 16.8 Å². The van der Waals surface area contributed by atoms with Crippen molar-refractivity contribution < 1.29 is 14.7 Å². The number of aromatic carboxylic acids is 1. The highest BCUT2D eigenvalue weighted by molar-refractivity contribution is 5.98. The Kier molecular flexibility index (Phi) is 3.19. The van der Waals surface area contributed by atoms with Gasteiger partial charge in [0.15, 0.2) is 0 Å². The van der Waals surface area contributed by atoms with E-state index in [1.807, 2.05) is 6.92 Å². The summed E-state index contributed by atoms with van der Waals surface area (Å²) < 4.78 is 0. The van der Waals surface area contributed by atoms with E-state index < -0.39 is 5.97 Å². The third kappa shape index (κ3) is 2.27. The molecule has 1 amide bonds. The quantitative estimate of drug-likeness (QED) is 0.831. The summed E-state index contributed by atoms with van der Waals surface area (Å²) in [7, 11) is 0. The average molecular weight is 245 g/mol. The van der Waals surface area contributed by atoms with E-state index in [9.17, 15) is 9.59 Å². The molecule has 0 saturated carbocycles. The molecule has 0 fully saturated rings. The molecular formula is C14H15NO3. The van der Waals surface area contributed by atoms with Crippen molar-refractivity contribution in [2.45, 2.75) is 19.8 Å². The van der Waals surface area contributed by atoms with Gasteiger partial charge >= 0.3 is 5.97 Å². The van der Waals surface area contributed by atoms with Gasteiger partial charge in [-0.2, -0.15) is 0 Å². The molecule has 1 N–H and O–H groups in total. The minimum atomic E-state index is -0.943. The molecule has 1 aliphatic heterocycles. The number of carbonyl (C=O) groups excluding carboxylic acids is 1. The number of carboxylic acids is 1. The van der Waals surface area contributed by atoms with E-state index in [1.165, 1.54) is 6.07 Å². The van der Waals surface area contributed by atoms with Crippen molar-refractivity contribution in [1.29, 1.82) is 0 Å². The minimum absolute atomic E-state index is 0.0635. The Hall–Kier alpha value is -2.10. The molecule has 1 aliphatic rings. The summed E-state index contributed by atoms with van der Waals surface area (Å²) in [6.45, 7) is 6.17. The Morgan fingerprint density at radius 3 is 2.78 bits per heavy atom. The largest absolute Gasteiger partial charge is 0.478 e. The van der Waals surface area contributed by atoms with Gasteiger partial charge in [-0.05, 0) is 37.1 Å². The van der Waals surface area contributed by atoms with Crippen LogP contribution in [0.3, 0.4) is 0 Å². The summed E-state index contributed by atoms with van der Waals surface area (Å²) in [5.74, 6) is -0.880. The summed E-state index contributed by atoms with van der Waals surface area (Å²) >= 11 is 0. The van der Waals surface area contributed by atoms with Gasteiger partial charge in [-0.1, -0.05) is 12.2 Å². The predicted octanol–water partition coefficient (Wildman–Crippen LogP) is 2.24. The second-order valence-corrected chi connectivity index (χ2v) is 4.59. The summed E-state index contributed by atoms with van der Waals surface area (Å²) in [4.78, 5) is 24.5. The minimum Gasteiger partial charge on any atom is -0.478 e. The molecule has 0 unspecified atom stereocenters. The van der Waals surface area contributed by atoms with Gasteiger partial charge < -0.3 is 10.0 Å². The van der Waals surface area contributed by atoms with Gasteiger partial charge in [-0.15, -0.1) is 0 Å². The molecule has 0 aromatic heterocycles. The van der Waals surface area contributed by atoms with Gasteiger partial charge in [0.1, 0.15) is 0 Å². The highest BCUT2D eigenvalue weighted by Gasteiger charge is 2.24. The number of carbonyl (C=O) groups is 2. The second-order valence-electron chi connectivity index (χ2n) is 4.59. The zero-order valence-corrected chi connectivity index (χ0v) is 10.3. The summed E-state index contributed by atoms with van der Waals surface area (Å²) in [5.41, 5.74) is 2.88. The molecule has 1 aromatic carbocycles. The zero-order chi connectivity index (χ0) is 13.3. The molecule has 0 spiro atoms. The van der Waals surface area contributed by atoms with Gasteiger partial charge in [0.25, 0.3) is 0 Å². The van der Waals surface area contributed by atoms with Crippen LogP contribution in [0.5, 0.6) is 0 Å². The molecule has 0 aliphatic carbocycles. The summed E-state index contributed by atoms with van der Waals surface area (Å²) in [5, 5.41) is 8.96. The third-order valence-corrected chi connectivity index (χ3v) is 2.95. The molecule has 1 heterocycles. The van der Waals surface area contributed by atoms with E-state index in [2.05, 4.69) is 6.58 Å². The standard InChI is InChI=1S/C14H15NO3/c1-9(2)8-15-12-5-3-11(14(17)18)7-10(12)4-6-13(15)16/h3,5,7H,1,4,6,8H2,2H3,(H,17,18). The maximum Gasteiger partial charge on any atom is 0.335 e. The molecule has 4 nitrogen and oxygen atoms in total. The highest BCUT2D eigenvalue weighted by atomic mass is 16.4. The van der Waals surface area contributed by atoms with Crippen LogP contribution in [0.25, 0.3) is 0 Å². The lowest BCUT2D eigenvalue weighted by Crippen LogP contribution is -2.36. The number of benzene rings is 1. The Bertz CT molecular complexity index is 534. The monoisotopic (exact) mass is 245 g/mol. The average Bonchev–Trinajstić information content (AvgIpc) is 2.31. The number of aryl methyl sites for hydroxylation is 1. The maximum absolute atomic E-state index is 11.9. The normalized spacial score (nSPS) is 14.3. The molecule has 4 heteroatoms. The van der Waals surface area contributed by atoms with Crippen LogP contribution in [0.4, 0.5) is 5.69 Å². The Morgan fingerprint density at radius 2 is 2.17 bits per heavy atom. The van der Waals surface area contributed by atoms with E-state index >= 15 is 0 Å². The van der Waals surface area contributed by atoms with Crippen molar-refractivity contribution in [3.8, 4) is 0 Å². The van der Waals surface area contributed by atoms with Crippen molar-refractivity contribution in [2.75, 3.05) is 11.4 Å². The van der Waals surface area contributed by atoms with Crippen LogP contribution in [-0.2, 0) is 11.2 Å². The number of rotatable bonds is 3. The number of amides is 1. The van der Waals surface area contributed by atoms with Crippen molar-refractivity contribution in [1.82, 2.24) is 0 Å². The van der Waals surface area contributed by atoms with Crippen LogP contribution in [0, 0.1) is 0 Å². The first-order chi connectivity index (χ1) is 8.49. The van der Waals surface area contributed by atoms with E-state index in [1.54, 1.807) is 17.0 Å². The Morgan fingerprint density at radius 1 is 1.44 bits per heavy atom. The van der Waals surface area contributed by atoms with Crippen LogP contribution in [0.1, 0.15) is 29.3 Å². The van der Waals surface area contributed by atoms with Gasteiger partial charge in [0.05, 0.1) is 5.56 Å². The first-order valence-corrected chi connectivity index (χ1v) is 5.80. The lowest BCUT2D eigenvalue weighted by molar-refractivity contribution is -0.118. The van der Waals surface area contributed by atoms with E-state index in [-0.39, 0.29) is 11.5 Å². The number of hydrogen-bond donors (Lipinski definition) is 1. The lowest BCUT2D eigenvalue weighted by Gasteiger charge is -2.29. The van der Waals surface area contributed by atoms with Crippen LogP contribution in [-0.4, -0.2) is 23.5 Å². The van der Waals surface area contributed by atoms with Gasteiger partial charge in [0.2, 0.25) is 5.91 Å². The van der Waals surface area contributed by atoms with Gasteiger partial charge in [-0.25, -0.2) is 4.79 Å². The fourth-order valence-electron chi connectivity index (χ4n) is 2.14. The number of nitrogens with zero attached hydrogens (tertiary/aromatic N) is 1. The van der Waals surface area contributed by atoms with Crippen LogP contribution in [0.15, 0.2) is 30.4 Å². The fourth-order valence-corrected chi connectivity index (χ4v) is 2.14. The Balaban J connectivity index is 2.41. The molecule has 0 saturated heterocycles. The van der Waals surface area contributed by atoms with Crippen molar-refractivity contribution in [3.63, 3.8) is 0 Å². The zero-order valence-electron chi connectivity index (χ0n) is 10.3. The topological polar surface area (TPSA) is 57.6 Å². The number of fused-ring (bicyclic) bond motifs is 1. The van der Waals surface area contributed by atoms with Crippen molar-refractivity contribution in [2.24, 2.45) is 0 Å². The van der Waals surface area contributed by atoms with E-state index in [0.29, 0.717) is 19.4 Å². The first kappa shape index (κ1) is 12.4. The van der Waals surface area contributed by atoms with Crippen molar-refractivity contribution >= 4 is 17.6 Å². The second kappa shape index (κ2) is 4.64. The van der Waals surface area contributed by atoms with Crippen molar-refractivity contribution in [3.05, 3.63) is 41.5 Å². The van der Waals surface area contributed by atoms with E-state index in [4.69, 9.17) is 5.11 Å². The lowest BCUT2D eigenvalue weighted by atomic mass is 9.98. The van der Waals surface area contributed by atoms with Crippen LogP contribution >= 0.6 is 0 Å². The number of hydrogen-bond acceptors (Lipinski definition) is 2. The molecule has 1 aromatic rings. The van der Waals surface area contributed by atoms with Crippen LogP contribution < -0.4 is 4.90 Å². The maximum atomic E-state index is 11.9. The molecule has 0 bridgehead atoms. The highest BCUT2D eigenvalue weighted by Crippen LogP contribution is 2.29. The Labute approximate surface area is 106 Å². The fraction of sp³-hybridized carbons (Fsp3) is 0.286.